The van der Waals surface area contributed by atoms with Crippen molar-refractivity contribution in [3.05, 3.63) is 102 Å². The lowest BCUT2D eigenvalue weighted by molar-refractivity contribution is 1.06. The van der Waals surface area contributed by atoms with Crippen LogP contribution in [0.25, 0.3) is 6.08 Å². The maximum atomic E-state index is 8.10. The minimum Gasteiger partial charge on any atom is -0.304 e. The molecule has 1 atom stereocenters. The Balaban J connectivity index is 1.75. The summed E-state index contributed by atoms with van der Waals surface area (Å²) in [6.07, 6.45) is 11.3. The molecular formula is C21H19N. The fraction of sp³-hybridized carbons (Fsp3) is 0.0952. The normalized spacial score (nSPS) is 17.7. The number of hydrogen-bond donors (Lipinski definition) is 1. The van der Waals surface area contributed by atoms with Gasteiger partial charge in [-0.1, -0.05) is 85.0 Å². The van der Waals surface area contributed by atoms with Gasteiger partial charge in [-0.3, -0.25) is 0 Å². The van der Waals surface area contributed by atoms with E-state index in [0.717, 1.165) is 6.42 Å². The van der Waals surface area contributed by atoms with Gasteiger partial charge in [0.25, 0.3) is 0 Å². The summed E-state index contributed by atoms with van der Waals surface area (Å²) in [7, 11) is 0. The first-order chi connectivity index (χ1) is 10.8. The lowest BCUT2D eigenvalue weighted by Gasteiger charge is -2.15. The molecule has 0 amide bonds. The molecule has 0 saturated heterocycles. The van der Waals surface area contributed by atoms with Crippen LogP contribution in [0.1, 0.15) is 11.1 Å². The van der Waals surface area contributed by atoms with Gasteiger partial charge in [0, 0.05) is 11.6 Å². The Morgan fingerprint density at radius 2 is 1.55 bits per heavy atom. The minimum absolute atomic E-state index is 0.0592. The molecule has 1 nitrogen and oxygen atoms in total. The average molecular weight is 285 g/mol. The molecule has 0 fully saturated rings. The molecule has 0 aliphatic heterocycles. The Hall–Kier alpha value is -2.67. The van der Waals surface area contributed by atoms with E-state index in [1.807, 2.05) is 30.3 Å². The van der Waals surface area contributed by atoms with E-state index in [1.54, 1.807) is 0 Å². The van der Waals surface area contributed by atoms with Crippen LogP contribution >= 0.6 is 0 Å². The summed E-state index contributed by atoms with van der Waals surface area (Å²) in [5.74, 6) is 0.0592. The van der Waals surface area contributed by atoms with E-state index in [2.05, 4.69) is 60.7 Å². The van der Waals surface area contributed by atoms with Gasteiger partial charge in [-0.2, -0.15) is 0 Å². The predicted octanol–water partition coefficient (Wildman–Crippen LogP) is 5.07. The van der Waals surface area contributed by atoms with Gasteiger partial charge in [0.15, 0.2) is 0 Å². The van der Waals surface area contributed by atoms with Gasteiger partial charge in [-0.15, -0.1) is 0 Å². The molecular weight excluding hydrogens is 266 g/mol. The standard InChI is InChI=1S/C21H19N/c22-21-14-12-19(15-18-9-5-2-6-10-18)16-20(21)13-11-17-7-3-1-4-8-17/h1-14,16,20,22H,15H2. The molecule has 108 valence electrons. The summed E-state index contributed by atoms with van der Waals surface area (Å²) >= 11 is 0. The Kier molecular flexibility index (Phi) is 4.45. The van der Waals surface area contributed by atoms with Gasteiger partial charge in [-0.25, -0.2) is 0 Å². The van der Waals surface area contributed by atoms with E-state index >= 15 is 0 Å². The van der Waals surface area contributed by atoms with Crippen molar-refractivity contribution in [2.45, 2.75) is 6.42 Å². The third-order valence-electron chi connectivity index (χ3n) is 3.78. The number of rotatable bonds is 4. The molecule has 0 saturated carbocycles. The first-order valence-corrected chi connectivity index (χ1v) is 7.56. The van der Waals surface area contributed by atoms with E-state index in [4.69, 9.17) is 5.41 Å². The zero-order valence-electron chi connectivity index (χ0n) is 12.4. The maximum absolute atomic E-state index is 8.10. The molecule has 1 aliphatic carbocycles. The summed E-state index contributed by atoms with van der Waals surface area (Å²) in [4.78, 5) is 0. The number of hydrogen-bond acceptors (Lipinski definition) is 1. The van der Waals surface area contributed by atoms with Crippen molar-refractivity contribution in [3.8, 4) is 0 Å². The van der Waals surface area contributed by atoms with Crippen molar-refractivity contribution in [1.29, 1.82) is 5.41 Å². The third kappa shape index (κ3) is 3.70. The Labute approximate surface area is 131 Å². The molecule has 2 aromatic rings. The summed E-state index contributed by atoms with van der Waals surface area (Å²) in [5, 5.41) is 8.10. The van der Waals surface area contributed by atoms with Crippen LogP contribution in [-0.4, -0.2) is 5.71 Å². The van der Waals surface area contributed by atoms with Crippen molar-refractivity contribution in [2.24, 2.45) is 5.92 Å². The van der Waals surface area contributed by atoms with Crippen LogP contribution in [0.3, 0.4) is 0 Å². The van der Waals surface area contributed by atoms with Crippen molar-refractivity contribution < 1.29 is 0 Å². The van der Waals surface area contributed by atoms with Crippen LogP contribution in [0.5, 0.6) is 0 Å². The molecule has 0 radical (unpaired) electrons. The average Bonchev–Trinajstić information content (AvgIpc) is 2.57. The fourth-order valence-corrected chi connectivity index (χ4v) is 2.57. The number of allylic oxidation sites excluding steroid dienone is 5. The van der Waals surface area contributed by atoms with Crippen molar-refractivity contribution in [2.75, 3.05) is 0 Å². The fourth-order valence-electron chi connectivity index (χ4n) is 2.57. The van der Waals surface area contributed by atoms with Crippen molar-refractivity contribution in [1.82, 2.24) is 0 Å². The van der Waals surface area contributed by atoms with E-state index in [1.165, 1.54) is 16.7 Å². The molecule has 0 heterocycles. The highest BCUT2D eigenvalue weighted by Gasteiger charge is 2.12. The molecule has 0 aromatic heterocycles. The van der Waals surface area contributed by atoms with Gasteiger partial charge in [0.2, 0.25) is 0 Å². The van der Waals surface area contributed by atoms with E-state index < -0.39 is 0 Å². The molecule has 1 aliphatic rings. The van der Waals surface area contributed by atoms with Crippen LogP contribution < -0.4 is 0 Å². The summed E-state index contributed by atoms with van der Waals surface area (Å²) in [6, 6.07) is 20.7. The highest BCUT2D eigenvalue weighted by Crippen LogP contribution is 2.20. The van der Waals surface area contributed by atoms with Gasteiger partial charge in [-0.05, 0) is 29.2 Å². The maximum Gasteiger partial charge on any atom is 0.0420 e. The highest BCUT2D eigenvalue weighted by atomic mass is 14.4. The molecule has 3 rings (SSSR count). The SMILES string of the molecule is N=C1C=CC(Cc2ccccc2)=CC1C=Cc1ccccc1. The quantitative estimate of drug-likeness (QED) is 0.810. The van der Waals surface area contributed by atoms with Gasteiger partial charge >= 0.3 is 0 Å². The summed E-state index contributed by atoms with van der Waals surface area (Å²) in [6.45, 7) is 0. The van der Waals surface area contributed by atoms with Crippen LogP contribution in [-0.2, 0) is 6.42 Å². The van der Waals surface area contributed by atoms with Crippen LogP contribution in [0.15, 0.2) is 90.5 Å². The Morgan fingerprint density at radius 1 is 0.864 bits per heavy atom. The smallest absolute Gasteiger partial charge is 0.0420 e. The second-order valence-corrected chi connectivity index (χ2v) is 5.49. The number of nitrogens with one attached hydrogen (secondary N) is 1. The first kappa shape index (κ1) is 14.3. The molecule has 1 N–H and O–H groups in total. The molecule has 2 aromatic carbocycles. The predicted molar refractivity (Wildman–Crippen MR) is 94.1 cm³/mol. The van der Waals surface area contributed by atoms with Gasteiger partial charge < -0.3 is 5.41 Å². The Morgan fingerprint density at radius 3 is 2.27 bits per heavy atom. The van der Waals surface area contributed by atoms with Crippen LogP contribution in [0.4, 0.5) is 0 Å². The number of benzene rings is 2. The largest absolute Gasteiger partial charge is 0.304 e. The van der Waals surface area contributed by atoms with Crippen LogP contribution in [0.2, 0.25) is 0 Å². The van der Waals surface area contributed by atoms with Crippen molar-refractivity contribution in [3.63, 3.8) is 0 Å². The van der Waals surface area contributed by atoms with E-state index in [0.29, 0.717) is 5.71 Å². The minimum atomic E-state index is 0.0592. The molecule has 0 spiro atoms. The lowest BCUT2D eigenvalue weighted by atomic mass is 9.90. The Bertz CT molecular complexity index is 721. The monoisotopic (exact) mass is 285 g/mol. The second-order valence-electron chi connectivity index (χ2n) is 5.49. The highest BCUT2D eigenvalue weighted by molar-refractivity contribution is 5.99. The first-order valence-electron chi connectivity index (χ1n) is 7.56. The van der Waals surface area contributed by atoms with E-state index in [-0.39, 0.29) is 5.92 Å². The molecule has 22 heavy (non-hydrogen) atoms. The van der Waals surface area contributed by atoms with Gasteiger partial charge in [0.05, 0.1) is 0 Å². The zero-order chi connectivity index (χ0) is 15.2. The van der Waals surface area contributed by atoms with Crippen molar-refractivity contribution >= 4 is 11.8 Å². The topological polar surface area (TPSA) is 23.9 Å². The molecule has 1 heteroatoms. The molecule has 0 bridgehead atoms. The summed E-state index contributed by atoms with van der Waals surface area (Å²) < 4.78 is 0. The second kappa shape index (κ2) is 6.86. The summed E-state index contributed by atoms with van der Waals surface area (Å²) in [5.41, 5.74) is 4.38. The lowest BCUT2D eigenvalue weighted by Crippen LogP contribution is -2.10. The molecule has 1 unspecified atom stereocenters. The zero-order valence-corrected chi connectivity index (χ0v) is 12.4. The van der Waals surface area contributed by atoms with E-state index in [9.17, 15) is 0 Å². The third-order valence-corrected chi connectivity index (χ3v) is 3.78. The van der Waals surface area contributed by atoms with Gasteiger partial charge in [0.1, 0.15) is 0 Å². The van der Waals surface area contributed by atoms with Crippen LogP contribution in [0, 0.1) is 11.3 Å².